The Morgan fingerprint density at radius 3 is 2.60 bits per heavy atom. The Morgan fingerprint density at radius 2 is 1.84 bits per heavy atom. The van der Waals surface area contributed by atoms with Crippen LogP contribution >= 0.6 is 11.8 Å². The fourth-order valence-corrected chi connectivity index (χ4v) is 5.50. The number of thioether (sulfide) groups is 1. The second kappa shape index (κ2) is 12.8. The average molecular weight is 603 g/mol. The van der Waals surface area contributed by atoms with Crippen LogP contribution in [0.15, 0.2) is 71.6 Å². The lowest BCUT2D eigenvalue weighted by Crippen LogP contribution is -2.44. The number of ether oxygens (including phenoxy) is 2. The van der Waals surface area contributed by atoms with E-state index in [1.807, 2.05) is 24.3 Å². The predicted molar refractivity (Wildman–Crippen MR) is 158 cm³/mol. The molecule has 0 aliphatic carbocycles. The maximum absolute atomic E-state index is 13.1. The van der Waals surface area contributed by atoms with Crippen molar-refractivity contribution in [1.29, 1.82) is 0 Å². The number of nitrogens with one attached hydrogen (secondary N) is 1. The molecule has 12 nitrogen and oxygen atoms in total. The number of anilines is 1. The van der Waals surface area contributed by atoms with E-state index in [4.69, 9.17) is 9.47 Å². The van der Waals surface area contributed by atoms with Crippen LogP contribution in [0.5, 0.6) is 11.5 Å². The first-order valence-electron chi connectivity index (χ1n) is 13.2. The number of methoxy groups -OCH3 is 1. The van der Waals surface area contributed by atoms with Crippen LogP contribution < -0.4 is 14.8 Å². The van der Waals surface area contributed by atoms with E-state index >= 15 is 0 Å². The zero-order chi connectivity index (χ0) is 30.5. The number of carbonyl (C=O) groups is 4. The molecular formula is C30H26N4O8S. The summed E-state index contributed by atoms with van der Waals surface area (Å²) in [5, 5.41) is 12.9. The van der Waals surface area contributed by atoms with Crippen LogP contribution in [0.2, 0.25) is 0 Å². The molecule has 1 saturated heterocycles. The van der Waals surface area contributed by atoms with Crippen LogP contribution in [0.25, 0.3) is 6.08 Å². The van der Waals surface area contributed by atoms with Gasteiger partial charge in [0, 0.05) is 30.9 Å². The van der Waals surface area contributed by atoms with E-state index in [0.717, 1.165) is 22.2 Å². The van der Waals surface area contributed by atoms with Crippen LogP contribution in [0.1, 0.15) is 16.7 Å². The summed E-state index contributed by atoms with van der Waals surface area (Å²) >= 11 is 0.750. The van der Waals surface area contributed by atoms with Crippen molar-refractivity contribution in [3.8, 4) is 11.5 Å². The third kappa shape index (κ3) is 6.84. The number of nitrogens with zero attached hydrogens (tertiary/aromatic N) is 3. The number of hydrogen-bond acceptors (Lipinski definition) is 9. The molecule has 1 fully saturated rings. The van der Waals surface area contributed by atoms with Gasteiger partial charge in [-0.25, -0.2) is 0 Å². The number of benzene rings is 3. The van der Waals surface area contributed by atoms with Crippen molar-refractivity contribution >= 4 is 52.2 Å². The highest BCUT2D eigenvalue weighted by atomic mass is 32.2. The fourth-order valence-electron chi connectivity index (χ4n) is 4.66. The highest BCUT2D eigenvalue weighted by Crippen LogP contribution is 2.35. The summed E-state index contributed by atoms with van der Waals surface area (Å²) in [7, 11) is 1.41. The van der Waals surface area contributed by atoms with Gasteiger partial charge < -0.3 is 19.7 Å². The molecule has 2 aliphatic rings. The third-order valence-corrected chi connectivity index (χ3v) is 7.74. The molecule has 2 aliphatic heterocycles. The van der Waals surface area contributed by atoms with Gasteiger partial charge in [-0.2, -0.15) is 0 Å². The molecule has 3 aromatic carbocycles. The van der Waals surface area contributed by atoms with Crippen molar-refractivity contribution in [3.63, 3.8) is 0 Å². The first-order valence-corrected chi connectivity index (χ1v) is 14.0. The van der Waals surface area contributed by atoms with Crippen LogP contribution in [0, 0.1) is 10.1 Å². The summed E-state index contributed by atoms with van der Waals surface area (Å²) in [6.45, 7) is 0.227. The van der Waals surface area contributed by atoms with Crippen LogP contribution in [-0.4, -0.2) is 64.5 Å². The normalized spacial score (nSPS) is 15.3. The predicted octanol–water partition coefficient (Wildman–Crippen LogP) is 4.24. The minimum Gasteiger partial charge on any atom is -0.493 e. The molecule has 13 heteroatoms. The third-order valence-electron chi connectivity index (χ3n) is 6.84. The number of amides is 4. The lowest BCUT2D eigenvalue weighted by molar-refractivity contribution is -0.384. The summed E-state index contributed by atoms with van der Waals surface area (Å²) < 4.78 is 11.0. The fraction of sp³-hybridized carbons (Fsp3) is 0.200. The van der Waals surface area contributed by atoms with Crippen molar-refractivity contribution in [2.24, 2.45) is 0 Å². The minimum atomic E-state index is -0.562. The van der Waals surface area contributed by atoms with Crippen molar-refractivity contribution in [2.45, 2.75) is 13.0 Å². The second-order valence-corrected chi connectivity index (χ2v) is 10.6. The molecule has 0 atom stereocenters. The second-order valence-electron chi connectivity index (χ2n) is 9.66. The Balaban J connectivity index is 1.20. The lowest BCUT2D eigenvalue weighted by Gasteiger charge is -2.29. The van der Waals surface area contributed by atoms with Gasteiger partial charge in [0.15, 0.2) is 18.1 Å². The van der Waals surface area contributed by atoms with E-state index in [2.05, 4.69) is 5.32 Å². The molecule has 0 bridgehead atoms. The van der Waals surface area contributed by atoms with E-state index in [0.29, 0.717) is 25.1 Å². The average Bonchev–Trinajstić information content (AvgIpc) is 3.27. The zero-order valence-electron chi connectivity index (χ0n) is 23.0. The van der Waals surface area contributed by atoms with Crippen LogP contribution in [-0.2, 0) is 27.3 Å². The van der Waals surface area contributed by atoms with E-state index in [9.17, 15) is 29.3 Å². The molecule has 43 heavy (non-hydrogen) atoms. The van der Waals surface area contributed by atoms with E-state index in [-0.39, 0.29) is 40.2 Å². The molecule has 0 saturated carbocycles. The number of hydrogen-bond donors (Lipinski definition) is 1. The number of nitro benzene ring substituents is 1. The van der Waals surface area contributed by atoms with E-state index in [1.54, 1.807) is 23.1 Å². The summed E-state index contributed by atoms with van der Waals surface area (Å²) in [5.74, 6) is -0.871. The smallest absolute Gasteiger partial charge is 0.294 e. The van der Waals surface area contributed by atoms with Gasteiger partial charge in [-0.15, -0.1) is 0 Å². The highest BCUT2D eigenvalue weighted by molar-refractivity contribution is 8.18. The standard InChI is InChI=1S/C30H26N4O8S/c1-41-25-13-19(9-10-24(25)42-18-27(35)31-22-7-4-8-23(15-22)34(39)40)14-26-29(37)33(30(38)43-26)17-28(36)32-12-11-20-5-2-3-6-21(20)16-32/h2-10,13-15H,11-12,16-18H2,1H3,(H,31,35)/b26-14-. The van der Waals surface area contributed by atoms with Gasteiger partial charge in [0.1, 0.15) is 6.54 Å². The van der Waals surface area contributed by atoms with Gasteiger partial charge >= 0.3 is 0 Å². The monoisotopic (exact) mass is 602 g/mol. The number of non-ortho nitro benzene ring substituents is 1. The molecule has 0 aromatic heterocycles. The highest BCUT2D eigenvalue weighted by Gasteiger charge is 2.37. The topological polar surface area (TPSA) is 148 Å². The SMILES string of the molecule is COc1cc(/C=C2\SC(=O)N(CC(=O)N3CCc4ccccc4C3)C2=O)ccc1OCC(=O)Nc1cccc([N+](=O)[O-])c1. The minimum absolute atomic E-state index is 0.159. The largest absolute Gasteiger partial charge is 0.493 e. The Hall–Kier alpha value is -5.17. The van der Waals surface area contributed by atoms with E-state index in [1.165, 1.54) is 43.0 Å². The molecule has 0 radical (unpaired) electrons. The van der Waals surface area contributed by atoms with Crippen molar-refractivity contribution in [3.05, 3.63) is 98.4 Å². The molecule has 5 rings (SSSR count). The zero-order valence-corrected chi connectivity index (χ0v) is 23.8. The number of nitro groups is 1. The van der Waals surface area contributed by atoms with Crippen LogP contribution in [0.4, 0.5) is 16.2 Å². The maximum Gasteiger partial charge on any atom is 0.294 e. The Bertz CT molecular complexity index is 1660. The lowest BCUT2D eigenvalue weighted by atomic mass is 10.00. The Morgan fingerprint density at radius 1 is 1.05 bits per heavy atom. The number of carbonyl (C=O) groups excluding carboxylic acids is 4. The van der Waals surface area contributed by atoms with Crippen molar-refractivity contribution in [1.82, 2.24) is 9.80 Å². The summed E-state index contributed by atoms with van der Waals surface area (Å²) in [4.78, 5) is 64.1. The van der Waals surface area contributed by atoms with Gasteiger partial charge in [0.05, 0.1) is 16.9 Å². The maximum atomic E-state index is 13.1. The molecule has 3 aromatic rings. The molecule has 1 N–H and O–H groups in total. The van der Waals surface area contributed by atoms with E-state index < -0.39 is 28.6 Å². The van der Waals surface area contributed by atoms with Gasteiger partial charge in [-0.05, 0) is 59.1 Å². The number of fused-ring (bicyclic) bond motifs is 1. The molecule has 0 unspecified atom stereocenters. The first-order chi connectivity index (χ1) is 20.7. The number of imide groups is 1. The number of rotatable bonds is 9. The Kier molecular flexibility index (Phi) is 8.71. The molecule has 220 valence electrons. The summed E-state index contributed by atoms with van der Waals surface area (Å²) in [6, 6.07) is 18.2. The molecular weight excluding hydrogens is 576 g/mol. The first kappa shape index (κ1) is 29.3. The van der Waals surface area contributed by atoms with Crippen molar-refractivity contribution < 1.29 is 33.6 Å². The Labute approximate surface area is 250 Å². The molecule has 4 amide bonds. The summed E-state index contributed by atoms with van der Waals surface area (Å²) in [5.41, 5.74) is 2.88. The van der Waals surface area contributed by atoms with Gasteiger partial charge in [0.25, 0.3) is 22.7 Å². The van der Waals surface area contributed by atoms with Gasteiger partial charge in [0.2, 0.25) is 5.91 Å². The summed E-state index contributed by atoms with van der Waals surface area (Å²) in [6.07, 6.45) is 2.24. The van der Waals surface area contributed by atoms with Crippen LogP contribution in [0.3, 0.4) is 0 Å². The molecule has 0 spiro atoms. The quantitative estimate of drug-likeness (QED) is 0.216. The molecule has 2 heterocycles. The van der Waals surface area contributed by atoms with Gasteiger partial charge in [-0.1, -0.05) is 36.4 Å². The van der Waals surface area contributed by atoms with Gasteiger partial charge in [-0.3, -0.25) is 34.2 Å². The van der Waals surface area contributed by atoms with Crippen molar-refractivity contribution in [2.75, 3.05) is 32.1 Å².